The average molecular weight is 270 g/mol. The van der Waals surface area contributed by atoms with Crippen molar-refractivity contribution in [3.8, 4) is 0 Å². The van der Waals surface area contributed by atoms with Crippen molar-refractivity contribution in [2.24, 2.45) is 0 Å². The molecule has 0 radical (unpaired) electrons. The number of fused-ring (bicyclic) bond motifs is 1. The van der Waals surface area contributed by atoms with Crippen LogP contribution in [0.1, 0.15) is 59.5 Å². The first-order chi connectivity index (χ1) is 9.50. The molecule has 3 nitrogen and oxygen atoms in total. The Bertz CT molecular complexity index is 644. The van der Waals surface area contributed by atoms with Crippen LogP contribution in [0, 0.1) is 20.8 Å². The van der Waals surface area contributed by atoms with Crippen LogP contribution >= 0.6 is 0 Å². The number of nitrogens with zero attached hydrogens (tertiary/aromatic N) is 2. The fourth-order valence-corrected chi connectivity index (χ4v) is 3.36. The average Bonchev–Trinajstić information content (AvgIpc) is 2.70. The second-order valence-corrected chi connectivity index (χ2v) is 6.02. The molecular weight excluding hydrogens is 248 g/mol. The molecule has 106 valence electrons. The number of benzene rings is 1. The van der Waals surface area contributed by atoms with E-state index in [2.05, 4.69) is 38.0 Å². The Morgan fingerprint density at radius 3 is 2.40 bits per heavy atom. The maximum absolute atomic E-state index is 10.8. The van der Waals surface area contributed by atoms with Gasteiger partial charge in [-0.15, -0.1) is 0 Å². The van der Waals surface area contributed by atoms with Gasteiger partial charge in [0.1, 0.15) is 6.10 Å². The van der Waals surface area contributed by atoms with Gasteiger partial charge in [0, 0.05) is 5.69 Å². The van der Waals surface area contributed by atoms with Crippen LogP contribution in [0.25, 0.3) is 0 Å². The minimum absolute atomic E-state index is 0.0345. The van der Waals surface area contributed by atoms with Crippen LogP contribution in [0.2, 0.25) is 0 Å². The minimum atomic E-state index is -0.472. The predicted octanol–water partition coefficient (Wildman–Crippen LogP) is 3.59. The molecular formula is C17H22N2O. The summed E-state index contributed by atoms with van der Waals surface area (Å²) in [6.07, 6.45) is 0.458. The molecule has 0 aliphatic heterocycles. The molecule has 0 spiro atoms. The van der Waals surface area contributed by atoms with Gasteiger partial charge >= 0.3 is 0 Å². The number of aryl methyl sites for hydroxylation is 1. The molecule has 3 heteroatoms. The van der Waals surface area contributed by atoms with Crippen LogP contribution in [0.4, 0.5) is 0 Å². The van der Waals surface area contributed by atoms with E-state index in [1.54, 1.807) is 0 Å². The Labute approximate surface area is 120 Å². The summed E-state index contributed by atoms with van der Waals surface area (Å²) in [6.45, 7) is 8.45. The summed E-state index contributed by atoms with van der Waals surface area (Å²) in [4.78, 5) is 0. The van der Waals surface area contributed by atoms with Crippen molar-refractivity contribution in [3.05, 3.63) is 52.3 Å². The molecule has 1 aromatic heterocycles. The summed E-state index contributed by atoms with van der Waals surface area (Å²) >= 11 is 0. The number of rotatable bonds is 1. The molecule has 0 fully saturated rings. The lowest BCUT2D eigenvalue weighted by Gasteiger charge is -2.34. The molecule has 1 heterocycles. The van der Waals surface area contributed by atoms with Crippen LogP contribution in [-0.2, 0) is 0 Å². The minimum Gasteiger partial charge on any atom is -0.386 e. The summed E-state index contributed by atoms with van der Waals surface area (Å²) in [6, 6.07) is 8.26. The molecule has 3 atom stereocenters. The molecule has 0 saturated carbocycles. The first-order valence-corrected chi connectivity index (χ1v) is 7.30. The van der Waals surface area contributed by atoms with E-state index in [4.69, 9.17) is 0 Å². The Hall–Kier alpha value is -1.61. The summed E-state index contributed by atoms with van der Waals surface area (Å²) in [7, 11) is 0. The standard InChI is InChI=1S/C17H22N2O/c1-10-9-16(19-13(4)11(2)12(3)18-19)17(20)15-8-6-5-7-14(10)15/h5-8,10,16-17,20H,9H2,1-4H3. The second-order valence-electron chi connectivity index (χ2n) is 6.02. The maximum atomic E-state index is 10.8. The summed E-state index contributed by atoms with van der Waals surface area (Å²) in [5.41, 5.74) is 5.78. The predicted molar refractivity (Wildman–Crippen MR) is 79.9 cm³/mol. The first kappa shape index (κ1) is 13.4. The molecule has 3 rings (SSSR count). The van der Waals surface area contributed by atoms with Crippen molar-refractivity contribution in [2.75, 3.05) is 0 Å². The number of aliphatic hydroxyl groups is 1. The van der Waals surface area contributed by atoms with E-state index in [1.165, 1.54) is 11.1 Å². The topological polar surface area (TPSA) is 38.0 Å². The fraction of sp³-hybridized carbons (Fsp3) is 0.471. The van der Waals surface area contributed by atoms with Crippen molar-refractivity contribution >= 4 is 0 Å². The zero-order valence-corrected chi connectivity index (χ0v) is 12.6. The lowest BCUT2D eigenvalue weighted by molar-refractivity contribution is 0.0851. The molecule has 20 heavy (non-hydrogen) atoms. The first-order valence-electron chi connectivity index (χ1n) is 7.30. The van der Waals surface area contributed by atoms with Crippen LogP contribution in [0.5, 0.6) is 0 Å². The lowest BCUT2D eigenvalue weighted by atomic mass is 9.79. The molecule has 1 N–H and O–H groups in total. The Balaban J connectivity index is 2.07. The van der Waals surface area contributed by atoms with Crippen molar-refractivity contribution < 1.29 is 5.11 Å². The number of hydrogen-bond donors (Lipinski definition) is 1. The third kappa shape index (κ3) is 1.88. The molecule has 0 amide bonds. The molecule has 1 aliphatic carbocycles. The molecule has 0 bridgehead atoms. The monoisotopic (exact) mass is 270 g/mol. The van der Waals surface area contributed by atoms with E-state index in [-0.39, 0.29) is 6.04 Å². The van der Waals surface area contributed by atoms with E-state index in [0.717, 1.165) is 23.4 Å². The SMILES string of the molecule is Cc1nn(C2CC(C)c3ccccc3C2O)c(C)c1C. The van der Waals surface area contributed by atoms with E-state index in [1.807, 2.05) is 23.7 Å². The highest BCUT2D eigenvalue weighted by Crippen LogP contribution is 2.43. The Kier molecular flexibility index (Phi) is 3.17. The summed E-state index contributed by atoms with van der Waals surface area (Å²) in [5, 5.41) is 15.4. The van der Waals surface area contributed by atoms with Gasteiger partial charge in [-0.05, 0) is 49.8 Å². The lowest BCUT2D eigenvalue weighted by Crippen LogP contribution is -2.27. The highest BCUT2D eigenvalue weighted by atomic mass is 16.3. The second kappa shape index (κ2) is 4.74. The summed E-state index contributed by atoms with van der Waals surface area (Å²) in [5.74, 6) is 0.448. The molecule has 0 saturated heterocycles. The molecule has 1 aromatic carbocycles. The maximum Gasteiger partial charge on any atom is 0.102 e. The zero-order valence-electron chi connectivity index (χ0n) is 12.6. The summed E-state index contributed by atoms with van der Waals surface area (Å²) < 4.78 is 2.03. The molecule has 3 unspecified atom stereocenters. The van der Waals surface area contributed by atoms with Gasteiger partial charge in [0.2, 0.25) is 0 Å². The van der Waals surface area contributed by atoms with E-state index in [9.17, 15) is 5.11 Å². The van der Waals surface area contributed by atoms with Crippen LogP contribution in [-0.4, -0.2) is 14.9 Å². The van der Waals surface area contributed by atoms with E-state index >= 15 is 0 Å². The van der Waals surface area contributed by atoms with E-state index in [0.29, 0.717) is 5.92 Å². The Morgan fingerprint density at radius 1 is 1.15 bits per heavy atom. The normalized spacial score (nSPS) is 25.6. The van der Waals surface area contributed by atoms with Gasteiger partial charge in [0.15, 0.2) is 0 Å². The van der Waals surface area contributed by atoms with Crippen molar-refractivity contribution in [2.45, 2.75) is 52.2 Å². The van der Waals surface area contributed by atoms with Crippen LogP contribution in [0.3, 0.4) is 0 Å². The number of aliphatic hydroxyl groups excluding tert-OH is 1. The van der Waals surface area contributed by atoms with Crippen LogP contribution < -0.4 is 0 Å². The highest BCUT2D eigenvalue weighted by Gasteiger charge is 2.34. The molecule has 2 aromatic rings. The van der Waals surface area contributed by atoms with Crippen LogP contribution in [0.15, 0.2) is 24.3 Å². The van der Waals surface area contributed by atoms with Gasteiger partial charge in [0.05, 0.1) is 11.7 Å². The third-order valence-electron chi connectivity index (χ3n) is 4.81. The number of aromatic nitrogens is 2. The van der Waals surface area contributed by atoms with Gasteiger partial charge in [-0.2, -0.15) is 5.10 Å². The third-order valence-corrected chi connectivity index (χ3v) is 4.81. The van der Waals surface area contributed by atoms with Gasteiger partial charge < -0.3 is 5.11 Å². The van der Waals surface area contributed by atoms with Crippen molar-refractivity contribution in [1.82, 2.24) is 9.78 Å². The quantitative estimate of drug-likeness (QED) is 0.860. The zero-order chi connectivity index (χ0) is 14.4. The van der Waals surface area contributed by atoms with Gasteiger partial charge in [0.25, 0.3) is 0 Å². The van der Waals surface area contributed by atoms with Gasteiger partial charge in [-0.3, -0.25) is 4.68 Å². The highest BCUT2D eigenvalue weighted by molar-refractivity contribution is 5.36. The fourth-order valence-electron chi connectivity index (χ4n) is 3.36. The van der Waals surface area contributed by atoms with Crippen molar-refractivity contribution in [3.63, 3.8) is 0 Å². The number of hydrogen-bond acceptors (Lipinski definition) is 2. The van der Waals surface area contributed by atoms with Gasteiger partial charge in [-0.1, -0.05) is 31.2 Å². The smallest absolute Gasteiger partial charge is 0.102 e. The van der Waals surface area contributed by atoms with Crippen molar-refractivity contribution in [1.29, 1.82) is 0 Å². The Morgan fingerprint density at radius 2 is 1.80 bits per heavy atom. The largest absolute Gasteiger partial charge is 0.386 e. The molecule has 1 aliphatic rings. The van der Waals surface area contributed by atoms with E-state index < -0.39 is 6.10 Å². The van der Waals surface area contributed by atoms with Gasteiger partial charge in [-0.25, -0.2) is 0 Å².